The van der Waals surface area contributed by atoms with Crippen molar-refractivity contribution in [1.29, 1.82) is 0 Å². The average Bonchev–Trinajstić information content (AvgIpc) is 3.28. The van der Waals surface area contributed by atoms with E-state index in [1.54, 1.807) is 24.0 Å². The highest BCUT2D eigenvalue weighted by molar-refractivity contribution is 7.09. The van der Waals surface area contributed by atoms with Crippen molar-refractivity contribution in [3.8, 4) is 0 Å². The predicted octanol–water partition coefficient (Wildman–Crippen LogP) is 1.14. The van der Waals surface area contributed by atoms with Gasteiger partial charge in [0.05, 0.1) is 12.5 Å². The van der Waals surface area contributed by atoms with Crippen LogP contribution < -0.4 is 0 Å². The van der Waals surface area contributed by atoms with Crippen LogP contribution >= 0.6 is 11.3 Å². The van der Waals surface area contributed by atoms with Crippen molar-refractivity contribution in [2.45, 2.75) is 12.1 Å². The number of ether oxygens (including phenoxy) is 2. The summed E-state index contributed by atoms with van der Waals surface area (Å²) in [6, 6.07) is 0. The number of nitrogens with one attached hydrogen (secondary N) is 2. The molecule has 0 saturated carbocycles. The third kappa shape index (κ3) is 2.47. The van der Waals surface area contributed by atoms with Gasteiger partial charge in [-0.1, -0.05) is 0 Å². The minimum absolute atomic E-state index is 0.271. The molecule has 3 aromatic heterocycles. The monoisotopic (exact) mass is 307 g/mol. The molecule has 3 rings (SSSR count). The second kappa shape index (κ2) is 5.74. The van der Waals surface area contributed by atoms with Crippen LogP contribution in [0.2, 0.25) is 0 Å². The van der Waals surface area contributed by atoms with Crippen molar-refractivity contribution < 1.29 is 14.6 Å². The van der Waals surface area contributed by atoms with Gasteiger partial charge in [0, 0.05) is 31.1 Å². The van der Waals surface area contributed by atoms with Crippen LogP contribution in [-0.2, 0) is 15.3 Å². The van der Waals surface area contributed by atoms with Gasteiger partial charge >= 0.3 is 0 Å². The number of methoxy groups -OCH3 is 1. The molecule has 0 aromatic carbocycles. The van der Waals surface area contributed by atoms with Gasteiger partial charge in [-0.2, -0.15) is 0 Å². The molecule has 0 radical (unpaired) electrons. The highest BCUT2D eigenvalue weighted by Crippen LogP contribution is 2.37. The zero-order chi connectivity index (χ0) is 14.7. The van der Waals surface area contributed by atoms with Crippen LogP contribution in [0.3, 0.4) is 0 Å². The van der Waals surface area contributed by atoms with Crippen molar-refractivity contribution >= 4 is 11.3 Å². The molecule has 8 nitrogen and oxygen atoms in total. The normalized spacial score (nSPS) is 15.7. The predicted molar refractivity (Wildman–Crippen MR) is 73.1 cm³/mol. The maximum absolute atomic E-state index is 10.2. The third-order valence-electron chi connectivity index (χ3n) is 2.89. The number of nitrogens with zero attached hydrogens (tertiary/aromatic N) is 3. The van der Waals surface area contributed by atoms with E-state index in [1.165, 1.54) is 31.0 Å². The first-order valence-corrected chi connectivity index (χ1v) is 6.93. The molecule has 3 N–H and O–H groups in total. The van der Waals surface area contributed by atoms with E-state index in [2.05, 4.69) is 24.9 Å². The standard InChI is InChI=1S/C12H13N5O3S/c1-19-12(8-6-13-7-17-8,11-16-4-5-21-11)20-10(18)9-14-2-3-15-9/h2-7,10,18H,1H3,(H,13,17)(H,14,15). The summed E-state index contributed by atoms with van der Waals surface area (Å²) in [4.78, 5) is 17.9. The number of aromatic amines is 2. The van der Waals surface area contributed by atoms with E-state index in [0.29, 0.717) is 10.7 Å². The smallest absolute Gasteiger partial charge is 0.268 e. The molecule has 2 atom stereocenters. The molecule has 0 spiro atoms. The van der Waals surface area contributed by atoms with E-state index in [1.807, 2.05) is 0 Å². The number of rotatable bonds is 6. The molecule has 9 heteroatoms. The Morgan fingerprint density at radius 1 is 1.33 bits per heavy atom. The fraction of sp³-hybridized carbons (Fsp3) is 0.250. The van der Waals surface area contributed by atoms with Crippen LogP contribution in [0.25, 0.3) is 0 Å². The summed E-state index contributed by atoms with van der Waals surface area (Å²) >= 11 is 1.34. The van der Waals surface area contributed by atoms with Crippen molar-refractivity contribution in [3.63, 3.8) is 0 Å². The molecule has 0 aliphatic heterocycles. The Labute approximate surface area is 123 Å². The number of thiazole rings is 1. The van der Waals surface area contributed by atoms with Crippen LogP contribution in [0.1, 0.15) is 22.8 Å². The van der Waals surface area contributed by atoms with Gasteiger partial charge in [-0.05, 0) is 0 Å². The number of imidazole rings is 2. The minimum atomic E-state index is -1.39. The van der Waals surface area contributed by atoms with E-state index in [4.69, 9.17) is 9.47 Å². The summed E-state index contributed by atoms with van der Waals surface area (Å²) in [5.74, 6) is -1.12. The third-order valence-corrected chi connectivity index (χ3v) is 3.74. The highest BCUT2D eigenvalue weighted by Gasteiger charge is 2.43. The molecule has 110 valence electrons. The fourth-order valence-electron chi connectivity index (χ4n) is 1.92. The highest BCUT2D eigenvalue weighted by atomic mass is 32.1. The van der Waals surface area contributed by atoms with Crippen molar-refractivity contribution in [3.05, 3.63) is 53.0 Å². The number of aliphatic hydroxyl groups is 1. The van der Waals surface area contributed by atoms with Gasteiger partial charge in [-0.25, -0.2) is 15.0 Å². The Kier molecular flexibility index (Phi) is 3.80. The van der Waals surface area contributed by atoms with Crippen LogP contribution in [-0.4, -0.2) is 37.1 Å². The molecule has 21 heavy (non-hydrogen) atoms. The molecule has 3 aromatic rings. The summed E-state index contributed by atoms with van der Waals surface area (Å²) in [6.07, 6.45) is 6.49. The number of hydrogen-bond acceptors (Lipinski definition) is 7. The van der Waals surface area contributed by atoms with Crippen LogP contribution in [0.4, 0.5) is 0 Å². The summed E-state index contributed by atoms with van der Waals surface area (Å²) in [5, 5.41) is 12.5. The zero-order valence-electron chi connectivity index (χ0n) is 11.1. The number of hydrogen-bond donors (Lipinski definition) is 3. The van der Waals surface area contributed by atoms with Crippen molar-refractivity contribution in [2.24, 2.45) is 0 Å². The maximum Gasteiger partial charge on any atom is 0.268 e. The average molecular weight is 307 g/mol. The van der Waals surface area contributed by atoms with Gasteiger partial charge in [0.2, 0.25) is 6.29 Å². The number of H-pyrrole nitrogens is 2. The number of aliphatic hydroxyl groups excluding tert-OH is 1. The Bertz CT molecular complexity index is 619. The van der Waals surface area contributed by atoms with E-state index in [0.717, 1.165) is 0 Å². The molecule has 0 fully saturated rings. The van der Waals surface area contributed by atoms with Gasteiger partial charge in [0.15, 0.2) is 10.8 Å². The van der Waals surface area contributed by atoms with Crippen molar-refractivity contribution in [1.82, 2.24) is 24.9 Å². The molecular weight excluding hydrogens is 294 g/mol. The zero-order valence-corrected chi connectivity index (χ0v) is 11.9. The van der Waals surface area contributed by atoms with E-state index < -0.39 is 12.1 Å². The molecule has 3 heterocycles. The molecule has 0 aliphatic rings. The molecule has 2 unspecified atom stereocenters. The van der Waals surface area contributed by atoms with E-state index in [9.17, 15) is 5.11 Å². The van der Waals surface area contributed by atoms with Gasteiger partial charge in [0.25, 0.3) is 5.79 Å². The van der Waals surface area contributed by atoms with Gasteiger partial charge in [-0.3, -0.25) is 0 Å². The first-order valence-electron chi connectivity index (χ1n) is 6.05. The number of aromatic nitrogens is 5. The second-order valence-corrected chi connectivity index (χ2v) is 4.96. The molecule has 0 bridgehead atoms. The summed E-state index contributed by atoms with van der Waals surface area (Å²) in [7, 11) is 1.47. The molecule has 0 aliphatic carbocycles. The first kappa shape index (κ1) is 13.9. The molecular formula is C12H13N5O3S. The maximum atomic E-state index is 10.2. The lowest BCUT2D eigenvalue weighted by Gasteiger charge is -2.30. The summed E-state index contributed by atoms with van der Waals surface area (Å²) in [6.45, 7) is 0. The van der Waals surface area contributed by atoms with Gasteiger partial charge in [0.1, 0.15) is 5.69 Å². The van der Waals surface area contributed by atoms with Crippen LogP contribution in [0.5, 0.6) is 0 Å². The van der Waals surface area contributed by atoms with Crippen LogP contribution in [0, 0.1) is 0 Å². The summed E-state index contributed by atoms with van der Waals surface area (Å²) < 4.78 is 11.3. The molecule has 0 amide bonds. The molecule has 0 saturated heterocycles. The first-order chi connectivity index (χ1) is 10.3. The lowest BCUT2D eigenvalue weighted by Crippen LogP contribution is -2.35. The Morgan fingerprint density at radius 3 is 2.81 bits per heavy atom. The fourth-order valence-corrected chi connectivity index (χ4v) is 2.69. The van der Waals surface area contributed by atoms with Crippen molar-refractivity contribution in [2.75, 3.05) is 7.11 Å². The minimum Gasteiger partial charge on any atom is -0.362 e. The van der Waals surface area contributed by atoms with E-state index >= 15 is 0 Å². The lowest BCUT2D eigenvalue weighted by molar-refractivity contribution is -0.284. The Hall–Kier alpha value is -2.07. The van der Waals surface area contributed by atoms with Gasteiger partial charge in [-0.15, -0.1) is 11.3 Å². The van der Waals surface area contributed by atoms with Crippen LogP contribution in [0.15, 0.2) is 36.5 Å². The Balaban J connectivity index is 2.00. The topological polar surface area (TPSA) is 109 Å². The van der Waals surface area contributed by atoms with E-state index in [-0.39, 0.29) is 5.82 Å². The van der Waals surface area contributed by atoms with Gasteiger partial charge < -0.3 is 24.5 Å². The second-order valence-electron chi connectivity index (χ2n) is 4.07. The largest absolute Gasteiger partial charge is 0.362 e. The SMILES string of the molecule is COC(OC(O)c1ncc[nH]1)(c1cnc[nH]1)c1nccs1. The Morgan fingerprint density at radius 2 is 2.24 bits per heavy atom. The summed E-state index contributed by atoms with van der Waals surface area (Å²) in [5.41, 5.74) is 0.519. The quantitative estimate of drug-likeness (QED) is 0.589. The lowest BCUT2D eigenvalue weighted by atomic mass is 10.2.